The number of nitrogens with one attached hydrogen (secondary N) is 1. The first-order valence-corrected chi connectivity index (χ1v) is 9.70. The lowest BCUT2D eigenvalue weighted by Gasteiger charge is -2.19. The van der Waals surface area contributed by atoms with Crippen LogP contribution < -0.4 is 14.8 Å². The van der Waals surface area contributed by atoms with E-state index in [0.29, 0.717) is 33.2 Å². The van der Waals surface area contributed by atoms with E-state index >= 15 is 0 Å². The van der Waals surface area contributed by atoms with Gasteiger partial charge in [0.25, 0.3) is 5.91 Å². The Bertz CT molecular complexity index is 841. The summed E-state index contributed by atoms with van der Waals surface area (Å²) in [7, 11) is 2.80. The maximum Gasteiger partial charge on any atom is 0.307 e. The third-order valence-corrected chi connectivity index (χ3v) is 4.80. The zero-order valence-electron chi connectivity index (χ0n) is 15.8. The second kappa shape index (κ2) is 10.3. The van der Waals surface area contributed by atoms with Gasteiger partial charge in [-0.2, -0.15) is 0 Å². The van der Waals surface area contributed by atoms with E-state index in [-0.39, 0.29) is 12.3 Å². The summed E-state index contributed by atoms with van der Waals surface area (Å²) in [5.41, 5.74) is 1.09. The van der Waals surface area contributed by atoms with E-state index in [1.165, 1.54) is 14.2 Å². The first kappa shape index (κ1) is 22.0. The lowest BCUT2D eigenvalue weighted by atomic mass is 10.0. The van der Waals surface area contributed by atoms with Gasteiger partial charge in [-0.05, 0) is 52.7 Å². The van der Waals surface area contributed by atoms with Crippen LogP contribution in [0.1, 0.15) is 35.3 Å². The molecular formula is C20H21BrClNO5. The molecule has 6 nitrogen and oxygen atoms in total. The highest BCUT2D eigenvalue weighted by Gasteiger charge is 2.22. The molecule has 0 saturated heterocycles. The van der Waals surface area contributed by atoms with Crippen LogP contribution in [-0.4, -0.2) is 32.7 Å². The Morgan fingerprint density at radius 1 is 1.18 bits per heavy atom. The highest BCUT2D eigenvalue weighted by Crippen LogP contribution is 2.36. The lowest BCUT2D eigenvalue weighted by Crippen LogP contribution is -2.30. The molecule has 0 radical (unpaired) electrons. The number of hydrogen-bond donors (Lipinski definition) is 1. The van der Waals surface area contributed by atoms with Gasteiger partial charge in [0.05, 0.1) is 37.8 Å². The van der Waals surface area contributed by atoms with E-state index in [2.05, 4.69) is 21.2 Å². The molecule has 1 amide bonds. The number of esters is 1. The molecule has 1 N–H and O–H groups in total. The number of hydrogen-bond acceptors (Lipinski definition) is 5. The van der Waals surface area contributed by atoms with Crippen LogP contribution in [0.15, 0.2) is 40.9 Å². The van der Waals surface area contributed by atoms with Gasteiger partial charge in [0.1, 0.15) is 0 Å². The van der Waals surface area contributed by atoms with Crippen molar-refractivity contribution in [3.8, 4) is 11.5 Å². The number of methoxy groups -OCH3 is 2. The molecule has 0 saturated carbocycles. The summed E-state index contributed by atoms with van der Waals surface area (Å²) in [5, 5.41) is 3.43. The second-order valence-electron chi connectivity index (χ2n) is 5.78. The molecule has 0 heterocycles. The Hall–Kier alpha value is -2.25. The quantitative estimate of drug-likeness (QED) is 0.573. The van der Waals surface area contributed by atoms with E-state index in [0.717, 1.165) is 5.56 Å². The number of benzene rings is 2. The predicted octanol–water partition coefficient (Wildman–Crippen LogP) is 4.54. The maximum absolute atomic E-state index is 12.8. The Labute approximate surface area is 177 Å². The largest absolute Gasteiger partial charge is 0.493 e. The van der Waals surface area contributed by atoms with Crippen LogP contribution in [0, 0.1) is 0 Å². The number of amides is 1. The van der Waals surface area contributed by atoms with Gasteiger partial charge in [-0.15, -0.1) is 0 Å². The van der Waals surface area contributed by atoms with E-state index in [1.54, 1.807) is 36.4 Å². The minimum Gasteiger partial charge on any atom is -0.493 e. The lowest BCUT2D eigenvalue weighted by molar-refractivity contribution is -0.141. The number of carbonyl (C=O) groups excluding carboxylic acids is 2. The fourth-order valence-corrected chi connectivity index (χ4v) is 3.26. The van der Waals surface area contributed by atoms with Crippen LogP contribution in [-0.2, 0) is 9.53 Å². The summed E-state index contributed by atoms with van der Waals surface area (Å²) in [6.07, 6.45) is -0.0147. The summed E-state index contributed by atoms with van der Waals surface area (Å²) < 4.78 is 16.2. The van der Waals surface area contributed by atoms with Crippen LogP contribution in [0.3, 0.4) is 0 Å². The van der Waals surface area contributed by atoms with Crippen LogP contribution in [0.25, 0.3) is 0 Å². The molecule has 0 fully saturated rings. The minimum atomic E-state index is -0.575. The summed E-state index contributed by atoms with van der Waals surface area (Å²) in [4.78, 5) is 24.7. The zero-order chi connectivity index (χ0) is 20.7. The van der Waals surface area contributed by atoms with Crippen molar-refractivity contribution in [2.45, 2.75) is 19.4 Å². The van der Waals surface area contributed by atoms with E-state index in [1.807, 2.05) is 6.92 Å². The standard InChI is InChI=1S/C20H21BrClNO5/c1-4-28-19-15(21)9-13(10-17(19)26-2)20(25)23-16(11-18(24)27-3)12-5-7-14(22)8-6-12/h5-10,16H,4,11H2,1-3H3,(H,23,25). The predicted molar refractivity (Wildman–Crippen MR) is 110 cm³/mol. The van der Waals surface area contributed by atoms with Crippen molar-refractivity contribution in [2.75, 3.05) is 20.8 Å². The number of carbonyl (C=O) groups is 2. The Balaban J connectivity index is 2.31. The van der Waals surface area contributed by atoms with E-state index in [4.69, 9.17) is 25.8 Å². The highest BCUT2D eigenvalue weighted by atomic mass is 79.9. The Morgan fingerprint density at radius 2 is 1.86 bits per heavy atom. The topological polar surface area (TPSA) is 73.9 Å². The van der Waals surface area contributed by atoms with Crippen LogP contribution >= 0.6 is 27.5 Å². The summed E-state index contributed by atoms with van der Waals surface area (Å²) >= 11 is 9.34. The van der Waals surface area contributed by atoms with Crippen molar-refractivity contribution in [1.29, 1.82) is 0 Å². The molecule has 0 aliphatic rings. The smallest absolute Gasteiger partial charge is 0.307 e. The Kier molecular flexibility index (Phi) is 8.14. The second-order valence-corrected chi connectivity index (χ2v) is 7.07. The van der Waals surface area contributed by atoms with Gasteiger partial charge in [-0.3, -0.25) is 9.59 Å². The third-order valence-electron chi connectivity index (χ3n) is 3.96. The first-order chi connectivity index (χ1) is 13.4. The van der Waals surface area contributed by atoms with Gasteiger partial charge in [0, 0.05) is 10.6 Å². The molecule has 2 rings (SSSR count). The van der Waals surface area contributed by atoms with Gasteiger partial charge >= 0.3 is 5.97 Å². The normalized spacial score (nSPS) is 11.5. The maximum atomic E-state index is 12.8. The van der Waals surface area contributed by atoms with E-state index in [9.17, 15) is 9.59 Å². The first-order valence-electron chi connectivity index (χ1n) is 8.53. The molecule has 0 spiro atoms. The molecule has 0 aliphatic heterocycles. The van der Waals surface area contributed by atoms with Crippen molar-refractivity contribution in [1.82, 2.24) is 5.32 Å². The monoisotopic (exact) mass is 469 g/mol. The number of rotatable bonds is 8. The molecule has 1 atom stereocenters. The minimum absolute atomic E-state index is 0.0147. The molecule has 2 aromatic carbocycles. The van der Waals surface area contributed by atoms with Crippen molar-refractivity contribution in [3.63, 3.8) is 0 Å². The van der Waals surface area contributed by atoms with Gasteiger partial charge in [0.2, 0.25) is 0 Å². The van der Waals surface area contributed by atoms with Crippen molar-refractivity contribution in [3.05, 3.63) is 57.0 Å². The Morgan fingerprint density at radius 3 is 2.43 bits per heavy atom. The molecule has 2 aromatic rings. The zero-order valence-corrected chi connectivity index (χ0v) is 18.1. The average molecular weight is 471 g/mol. The fraction of sp³-hybridized carbons (Fsp3) is 0.300. The molecular weight excluding hydrogens is 450 g/mol. The van der Waals surface area contributed by atoms with Gasteiger partial charge in [0.15, 0.2) is 11.5 Å². The van der Waals surface area contributed by atoms with E-state index < -0.39 is 12.0 Å². The highest BCUT2D eigenvalue weighted by molar-refractivity contribution is 9.10. The van der Waals surface area contributed by atoms with Crippen LogP contribution in [0.5, 0.6) is 11.5 Å². The summed E-state index contributed by atoms with van der Waals surface area (Å²) in [6, 6.07) is 9.56. The molecule has 28 heavy (non-hydrogen) atoms. The molecule has 0 aromatic heterocycles. The summed E-state index contributed by atoms with van der Waals surface area (Å²) in [5.74, 6) is 0.138. The molecule has 8 heteroatoms. The van der Waals surface area contributed by atoms with Crippen molar-refractivity contribution in [2.24, 2.45) is 0 Å². The molecule has 150 valence electrons. The number of ether oxygens (including phenoxy) is 3. The average Bonchev–Trinajstić information content (AvgIpc) is 2.69. The van der Waals surface area contributed by atoms with Gasteiger partial charge < -0.3 is 19.5 Å². The van der Waals surface area contributed by atoms with Crippen molar-refractivity contribution >= 4 is 39.4 Å². The summed E-state index contributed by atoms with van der Waals surface area (Å²) in [6.45, 7) is 2.31. The number of halogens is 2. The molecule has 0 bridgehead atoms. The van der Waals surface area contributed by atoms with Crippen molar-refractivity contribution < 1.29 is 23.8 Å². The molecule has 1 unspecified atom stereocenters. The van der Waals surface area contributed by atoms with Crippen LogP contribution in [0.2, 0.25) is 5.02 Å². The van der Waals surface area contributed by atoms with Gasteiger partial charge in [-0.1, -0.05) is 23.7 Å². The van der Waals surface area contributed by atoms with Gasteiger partial charge in [-0.25, -0.2) is 0 Å². The third kappa shape index (κ3) is 5.62. The SMILES string of the molecule is CCOc1c(Br)cc(C(=O)NC(CC(=O)OC)c2ccc(Cl)cc2)cc1OC. The van der Waals surface area contributed by atoms with Crippen LogP contribution in [0.4, 0.5) is 0 Å². The fourth-order valence-electron chi connectivity index (χ4n) is 2.57. The molecule has 0 aliphatic carbocycles.